The van der Waals surface area contributed by atoms with Crippen LogP contribution < -0.4 is 4.90 Å². The summed E-state index contributed by atoms with van der Waals surface area (Å²) in [6.07, 6.45) is -4.67. The minimum atomic E-state index is -1.33. The van der Waals surface area contributed by atoms with Crippen LogP contribution in [-0.4, -0.2) is 64.2 Å². The predicted octanol–water partition coefficient (Wildman–Crippen LogP) is -1.15. The maximum Gasteiger partial charge on any atom is 0.159 e. The second-order valence-electron chi connectivity index (χ2n) is 5.29. The molecule has 2 heterocycles. The number of ether oxygens (including phenoxy) is 1. The molecule has 1 aromatic rings. The fourth-order valence-corrected chi connectivity index (χ4v) is 2.97. The Kier molecular flexibility index (Phi) is 3.66. The SMILES string of the molecule is OCC1O[C@@H](N2CCc3ccccc32)[C@@H](O)[C@@H](O)[C@@H]1O. The topological polar surface area (TPSA) is 93.4 Å². The normalized spacial score (nSPS) is 37.0. The molecule has 1 saturated heterocycles. The summed E-state index contributed by atoms with van der Waals surface area (Å²) < 4.78 is 5.59. The van der Waals surface area contributed by atoms with Gasteiger partial charge in [-0.1, -0.05) is 18.2 Å². The van der Waals surface area contributed by atoms with Gasteiger partial charge in [-0.15, -0.1) is 0 Å². The Balaban J connectivity index is 1.87. The van der Waals surface area contributed by atoms with Crippen LogP contribution in [0.15, 0.2) is 24.3 Å². The molecule has 0 spiro atoms. The number of anilines is 1. The molecule has 4 N–H and O–H groups in total. The molecule has 0 saturated carbocycles. The summed E-state index contributed by atoms with van der Waals surface area (Å²) >= 11 is 0. The number of aliphatic hydroxyl groups is 4. The van der Waals surface area contributed by atoms with Crippen molar-refractivity contribution in [3.63, 3.8) is 0 Å². The lowest BCUT2D eigenvalue weighted by Gasteiger charge is -2.44. The molecule has 110 valence electrons. The Labute approximate surface area is 116 Å². The van der Waals surface area contributed by atoms with E-state index in [9.17, 15) is 20.4 Å². The van der Waals surface area contributed by atoms with Gasteiger partial charge in [-0.2, -0.15) is 0 Å². The zero-order chi connectivity index (χ0) is 14.3. The molecule has 1 unspecified atom stereocenters. The van der Waals surface area contributed by atoms with E-state index in [-0.39, 0.29) is 0 Å². The van der Waals surface area contributed by atoms with Gasteiger partial charge < -0.3 is 30.1 Å². The van der Waals surface area contributed by atoms with Crippen molar-refractivity contribution in [3.05, 3.63) is 29.8 Å². The third-order valence-corrected chi connectivity index (χ3v) is 4.10. The van der Waals surface area contributed by atoms with Gasteiger partial charge in [0.05, 0.1) is 6.61 Å². The number of benzene rings is 1. The first-order valence-electron chi connectivity index (χ1n) is 6.78. The van der Waals surface area contributed by atoms with Crippen molar-refractivity contribution in [3.8, 4) is 0 Å². The molecular weight excluding hydrogens is 262 g/mol. The van der Waals surface area contributed by atoms with Crippen molar-refractivity contribution in [2.75, 3.05) is 18.1 Å². The molecule has 1 aromatic carbocycles. The van der Waals surface area contributed by atoms with Crippen molar-refractivity contribution < 1.29 is 25.2 Å². The lowest BCUT2D eigenvalue weighted by atomic mass is 9.97. The van der Waals surface area contributed by atoms with E-state index >= 15 is 0 Å². The van der Waals surface area contributed by atoms with Gasteiger partial charge in [-0.3, -0.25) is 0 Å². The summed E-state index contributed by atoms with van der Waals surface area (Å²) in [6.45, 7) is 0.263. The highest BCUT2D eigenvalue weighted by Gasteiger charge is 2.46. The molecule has 1 fully saturated rings. The molecule has 6 heteroatoms. The zero-order valence-electron chi connectivity index (χ0n) is 11.0. The highest BCUT2D eigenvalue weighted by atomic mass is 16.6. The highest BCUT2D eigenvalue weighted by Crippen LogP contribution is 2.33. The lowest BCUT2D eigenvalue weighted by Crippen LogP contribution is -2.63. The maximum atomic E-state index is 10.1. The standard InChI is InChI=1S/C14H19NO5/c16-7-10-11(17)12(18)13(19)14(20-10)15-6-5-8-3-1-2-4-9(8)15/h1-4,10-14,16-19H,5-7H2/t10?,11-,12+,13+,14-/m1/s1. The van der Waals surface area contributed by atoms with Gasteiger partial charge in [-0.25, -0.2) is 0 Å². The van der Waals surface area contributed by atoms with Crippen LogP contribution in [0, 0.1) is 0 Å². The molecule has 20 heavy (non-hydrogen) atoms. The van der Waals surface area contributed by atoms with E-state index < -0.39 is 37.3 Å². The van der Waals surface area contributed by atoms with Crippen molar-refractivity contribution in [2.24, 2.45) is 0 Å². The molecular formula is C14H19NO5. The molecule has 2 aliphatic rings. The van der Waals surface area contributed by atoms with E-state index in [2.05, 4.69) is 0 Å². The second kappa shape index (κ2) is 5.31. The van der Waals surface area contributed by atoms with Gasteiger partial charge in [0.1, 0.15) is 24.4 Å². The minimum absolute atomic E-state index is 0.406. The van der Waals surface area contributed by atoms with E-state index in [1.807, 2.05) is 29.2 Å². The van der Waals surface area contributed by atoms with Crippen LogP contribution in [0.4, 0.5) is 5.69 Å². The van der Waals surface area contributed by atoms with E-state index in [0.717, 1.165) is 17.7 Å². The van der Waals surface area contributed by atoms with Crippen molar-refractivity contribution in [1.82, 2.24) is 0 Å². The van der Waals surface area contributed by atoms with E-state index in [1.165, 1.54) is 0 Å². The van der Waals surface area contributed by atoms with Crippen LogP contribution in [-0.2, 0) is 11.2 Å². The van der Waals surface area contributed by atoms with E-state index in [4.69, 9.17) is 4.74 Å². The second-order valence-corrected chi connectivity index (χ2v) is 5.29. The van der Waals surface area contributed by atoms with E-state index in [1.54, 1.807) is 0 Å². The summed E-state index contributed by atoms with van der Waals surface area (Å²) in [5.74, 6) is 0. The number of hydrogen-bond acceptors (Lipinski definition) is 6. The third kappa shape index (κ3) is 2.10. The highest BCUT2D eigenvalue weighted by molar-refractivity contribution is 5.58. The average Bonchev–Trinajstić information content (AvgIpc) is 2.89. The molecule has 6 nitrogen and oxygen atoms in total. The zero-order valence-corrected chi connectivity index (χ0v) is 11.0. The average molecular weight is 281 g/mol. The van der Waals surface area contributed by atoms with Gasteiger partial charge in [-0.05, 0) is 18.1 Å². The van der Waals surface area contributed by atoms with Gasteiger partial charge in [0, 0.05) is 12.2 Å². The molecule has 3 rings (SSSR count). The fraction of sp³-hybridized carbons (Fsp3) is 0.571. The molecule has 0 aromatic heterocycles. The van der Waals surface area contributed by atoms with Gasteiger partial charge >= 0.3 is 0 Å². The van der Waals surface area contributed by atoms with Crippen LogP contribution in [0.5, 0.6) is 0 Å². The molecule has 0 amide bonds. The van der Waals surface area contributed by atoms with Crippen LogP contribution in [0.1, 0.15) is 5.56 Å². The van der Waals surface area contributed by atoms with Gasteiger partial charge in [0.2, 0.25) is 0 Å². The summed E-state index contributed by atoms with van der Waals surface area (Å²) in [5.41, 5.74) is 2.11. The van der Waals surface area contributed by atoms with Crippen molar-refractivity contribution in [1.29, 1.82) is 0 Å². The van der Waals surface area contributed by atoms with E-state index in [0.29, 0.717) is 6.54 Å². The largest absolute Gasteiger partial charge is 0.394 e. The van der Waals surface area contributed by atoms with Gasteiger partial charge in [0.15, 0.2) is 6.23 Å². The Morgan fingerprint density at radius 2 is 1.85 bits per heavy atom. The Hall–Kier alpha value is -1.18. The monoisotopic (exact) mass is 281 g/mol. The molecule has 5 atom stereocenters. The number of para-hydroxylation sites is 1. The first-order valence-corrected chi connectivity index (χ1v) is 6.78. The number of rotatable bonds is 2. The minimum Gasteiger partial charge on any atom is -0.394 e. The molecule has 0 radical (unpaired) electrons. The Morgan fingerprint density at radius 1 is 1.10 bits per heavy atom. The van der Waals surface area contributed by atoms with Crippen molar-refractivity contribution in [2.45, 2.75) is 37.1 Å². The number of aliphatic hydroxyl groups excluding tert-OH is 4. The van der Waals surface area contributed by atoms with Gasteiger partial charge in [0.25, 0.3) is 0 Å². The van der Waals surface area contributed by atoms with Crippen LogP contribution in [0.25, 0.3) is 0 Å². The van der Waals surface area contributed by atoms with Crippen LogP contribution >= 0.6 is 0 Å². The molecule has 0 aliphatic carbocycles. The maximum absolute atomic E-state index is 10.1. The fourth-order valence-electron chi connectivity index (χ4n) is 2.97. The number of hydrogen-bond donors (Lipinski definition) is 4. The third-order valence-electron chi connectivity index (χ3n) is 4.10. The quantitative estimate of drug-likeness (QED) is 0.547. The molecule has 0 bridgehead atoms. The Bertz CT molecular complexity index is 480. The number of fused-ring (bicyclic) bond motifs is 1. The predicted molar refractivity (Wildman–Crippen MR) is 71.3 cm³/mol. The van der Waals surface area contributed by atoms with Crippen LogP contribution in [0.3, 0.4) is 0 Å². The summed E-state index contributed by atoms with van der Waals surface area (Å²) in [7, 11) is 0. The van der Waals surface area contributed by atoms with Crippen LogP contribution in [0.2, 0.25) is 0 Å². The summed E-state index contributed by atoms with van der Waals surface area (Å²) in [4.78, 5) is 1.87. The first kappa shape index (κ1) is 13.8. The summed E-state index contributed by atoms with van der Waals surface area (Å²) in [5, 5.41) is 39.0. The first-order chi connectivity index (χ1) is 9.63. The number of nitrogens with zero attached hydrogens (tertiary/aromatic N) is 1. The molecule has 2 aliphatic heterocycles. The van der Waals surface area contributed by atoms with Crippen molar-refractivity contribution >= 4 is 5.69 Å². The Morgan fingerprint density at radius 3 is 2.60 bits per heavy atom. The summed E-state index contributed by atoms with van der Waals surface area (Å²) in [6, 6.07) is 7.81. The smallest absolute Gasteiger partial charge is 0.159 e. The lowest BCUT2D eigenvalue weighted by molar-refractivity contribution is -0.228.